The Morgan fingerprint density at radius 2 is 1.81 bits per heavy atom. The zero-order valence-electron chi connectivity index (χ0n) is 17.2. The van der Waals surface area contributed by atoms with Gasteiger partial charge in [0.15, 0.2) is 9.84 Å². The van der Waals surface area contributed by atoms with Gasteiger partial charge >= 0.3 is 5.97 Å². The van der Waals surface area contributed by atoms with Crippen LogP contribution in [0.4, 0.5) is 15.9 Å². The number of benzene rings is 1. The van der Waals surface area contributed by atoms with Crippen LogP contribution in [0.3, 0.4) is 0 Å². The van der Waals surface area contributed by atoms with Crippen molar-refractivity contribution in [2.24, 2.45) is 7.05 Å². The number of hydrogen-bond donors (Lipinski definition) is 2. The van der Waals surface area contributed by atoms with Gasteiger partial charge in [-0.25, -0.2) is 17.6 Å². The number of sulfone groups is 1. The molecule has 12 heteroatoms. The molecule has 0 saturated heterocycles. The molecule has 168 valence electrons. The van der Waals surface area contributed by atoms with Crippen molar-refractivity contribution in [1.82, 2.24) is 9.78 Å². The summed E-state index contributed by atoms with van der Waals surface area (Å²) in [5.74, 6) is -3.98. The molecule has 0 bridgehead atoms. The molecule has 2 rings (SSSR count). The van der Waals surface area contributed by atoms with E-state index in [4.69, 9.17) is 4.74 Å². The highest BCUT2D eigenvalue weighted by Crippen LogP contribution is 2.18. The number of aryl methyl sites for hydroxylation is 1. The molecule has 1 atom stereocenters. The van der Waals surface area contributed by atoms with Crippen LogP contribution in [-0.4, -0.2) is 53.6 Å². The van der Waals surface area contributed by atoms with Crippen LogP contribution in [0, 0.1) is 5.82 Å². The Labute approximate surface area is 178 Å². The van der Waals surface area contributed by atoms with Crippen molar-refractivity contribution in [2.75, 3.05) is 23.0 Å². The normalized spacial score (nSPS) is 12.1. The van der Waals surface area contributed by atoms with E-state index in [1.807, 2.05) is 0 Å². The molecule has 1 unspecified atom stereocenters. The number of rotatable bonds is 9. The van der Waals surface area contributed by atoms with Gasteiger partial charge in [0.1, 0.15) is 28.2 Å². The Balaban J connectivity index is 2.14. The minimum Gasteiger partial charge on any atom is -0.462 e. The third-order valence-electron chi connectivity index (χ3n) is 4.23. The number of amides is 2. The van der Waals surface area contributed by atoms with E-state index in [0.717, 1.165) is 12.1 Å². The summed E-state index contributed by atoms with van der Waals surface area (Å²) in [6, 6.07) is 4.79. The molecule has 1 aromatic carbocycles. The van der Waals surface area contributed by atoms with Crippen LogP contribution in [0.2, 0.25) is 0 Å². The van der Waals surface area contributed by atoms with Crippen LogP contribution < -0.4 is 10.6 Å². The number of anilines is 2. The van der Waals surface area contributed by atoms with Gasteiger partial charge < -0.3 is 15.4 Å². The lowest BCUT2D eigenvalue weighted by Crippen LogP contribution is -2.39. The standard InChI is InChI=1S/C19H23FN4O6S/c1-4-15(18(26)23-17-14(10-21-24(17)3)19(27)30-5-2)31(28,29)11-16(25)22-13-8-6-12(20)7-9-13/h6-10,15H,4-5,11H2,1-3H3,(H,22,25)(H,23,26). The van der Waals surface area contributed by atoms with Gasteiger partial charge in [0, 0.05) is 12.7 Å². The summed E-state index contributed by atoms with van der Waals surface area (Å²) in [4.78, 5) is 36.9. The number of carbonyl (C=O) groups excluding carboxylic acids is 3. The van der Waals surface area contributed by atoms with Crippen molar-refractivity contribution >= 4 is 39.1 Å². The van der Waals surface area contributed by atoms with E-state index in [0.29, 0.717) is 0 Å². The van der Waals surface area contributed by atoms with Crippen molar-refractivity contribution in [1.29, 1.82) is 0 Å². The van der Waals surface area contributed by atoms with Gasteiger partial charge in [-0.05, 0) is 37.6 Å². The second-order valence-corrected chi connectivity index (χ2v) is 8.68. The zero-order chi connectivity index (χ0) is 23.2. The van der Waals surface area contributed by atoms with E-state index in [-0.39, 0.29) is 30.1 Å². The van der Waals surface area contributed by atoms with Crippen molar-refractivity contribution in [3.8, 4) is 0 Å². The molecule has 2 amide bonds. The largest absolute Gasteiger partial charge is 0.462 e. The first-order chi connectivity index (χ1) is 14.6. The number of halogens is 1. The van der Waals surface area contributed by atoms with Gasteiger partial charge in [0.25, 0.3) is 0 Å². The van der Waals surface area contributed by atoms with E-state index >= 15 is 0 Å². The summed E-state index contributed by atoms with van der Waals surface area (Å²) in [5, 5.41) is 7.07. The Bertz CT molecular complexity index is 1070. The summed E-state index contributed by atoms with van der Waals surface area (Å²) in [5.41, 5.74) is 0.187. The van der Waals surface area contributed by atoms with Crippen LogP contribution in [0.1, 0.15) is 30.6 Å². The molecule has 0 saturated carbocycles. The molecule has 1 heterocycles. The predicted molar refractivity (Wildman–Crippen MR) is 111 cm³/mol. The molecule has 1 aromatic heterocycles. The first-order valence-electron chi connectivity index (χ1n) is 9.36. The molecule has 0 aliphatic carbocycles. The highest BCUT2D eigenvalue weighted by molar-refractivity contribution is 7.93. The molecule has 0 aliphatic rings. The predicted octanol–water partition coefficient (Wildman–Crippen LogP) is 1.51. The smallest absolute Gasteiger partial charge is 0.343 e. The number of aromatic nitrogens is 2. The van der Waals surface area contributed by atoms with Crippen LogP contribution in [0.15, 0.2) is 30.5 Å². The Hall–Kier alpha value is -3.28. The minimum absolute atomic E-state index is 0.0205. The highest BCUT2D eigenvalue weighted by atomic mass is 32.2. The molecule has 2 N–H and O–H groups in total. The summed E-state index contributed by atoms with van der Waals surface area (Å²) in [6.07, 6.45) is 1.09. The summed E-state index contributed by atoms with van der Waals surface area (Å²) in [6.45, 7) is 3.20. The molecular formula is C19H23FN4O6S. The number of hydrogen-bond acceptors (Lipinski definition) is 7. The fourth-order valence-electron chi connectivity index (χ4n) is 2.76. The average molecular weight is 454 g/mol. The minimum atomic E-state index is -4.20. The number of nitrogens with one attached hydrogen (secondary N) is 2. The van der Waals surface area contributed by atoms with Gasteiger partial charge in [0.2, 0.25) is 11.8 Å². The van der Waals surface area contributed by atoms with E-state index < -0.39 is 44.4 Å². The van der Waals surface area contributed by atoms with E-state index in [9.17, 15) is 27.2 Å². The van der Waals surface area contributed by atoms with Gasteiger partial charge in [-0.2, -0.15) is 5.10 Å². The Morgan fingerprint density at radius 3 is 2.39 bits per heavy atom. The number of esters is 1. The summed E-state index contributed by atoms with van der Waals surface area (Å²) < 4.78 is 44.4. The lowest BCUT2D eigenvalue weighted by atomic mass is 10.3. The van der Waals surface area contributed by atoms with E-state index in [2.05, 4.69) is 15.7 Å². The number of ether oxygens (including phenoxy) is 1. The average Bonchev–Trinajstić information content (AvgIpc) is 3.04. The monoisotopic (exact) mass is 454 g/mol. The molecule has 0 spiro atoms. The second kappa shape index (κ2) is 10.2. The van der Waals surface area contributed by atoms with Gasteiger partial charge in [-0.1, -0.05) is 6.92 Å². The lowest BCUT2D eigenvalue weighted by molar-refractivity contribution is -0.115. The SMILES string of the molecule is CCOC(=O)c1cnn(C)c1NC(=O)C(CC)S(=O)(=O)CC(=O)Nc1ccc(F)cc1. The highest BCUT2D eigenvalue weighted by Gasteiger charge is 2.34. The topological polar surface area (TPSA) is 136 Å². The maximum absolute atomic E-state index is 13.0. The van der Waals surface area contributed by atoms with Crippen LogP contribution in [-0.2, 0) is 31.2 Å². The first-order valence-corrected chi connectivity index (χ1v) is 11.1. The maximum Gasteiger partial charge on any atom is 0.343 e. The van der Waals surface area contributed by atoms with Crippen molar-refractivity contribution in [2.45, 2.75) is 25.5 Å². The molecular weight excluding hydrogens is 431 g/mol. The van der Waals surface area contributed by atoms with Crippen LogP contribution in [0.5, 0.6) is 0 Å². The second-order valence-electron chi connectivity index (χ2n) is 6.50. The molecule has 0 radical (unpaired) electrons. The summed E-state index contributed by atoms with van der Waals surface area (Å²) in [7, 11) is -2.74. The quantitative estimate of drug-likeness (QED) is 0.548. The number of carbonyl (C=O) groups is 3. The Morgan fingerprint density at radius 1 is 1.16 bits per heavy atom. The molecule has 31 heavy (non-hydrogen) atoms. The molecule has 10 nitrogen and oxygen atoms in total. The van der Waals surface area contributed by atoms with Gasteiger partial charge in [0.05, 0.1) is 12.8 Å². The first kappa shape index (κ1) is 24.0. The third-order valence-corrected chi connectivity index (χ3v) is 6.31. The van der Waals surface area contributed by atoms with Gasteiger partial charge in [-0.15, -0.1) is 0 Å². The van der Waals surface area contributed by atoms with Crippen molar-refractivity contribution in [3.63, 3.8) is 0 Å². The van der Waals surface area contributed by atoms with Crippen LogP contribution in [0.25, 0.3) is 0 Å². The van der Waals surface area contributed by atoms with Crippen molar-refractivity contribution < 1.29 is 31.9 Å². The number of nitrogens with zero attached hydrogens (tertiary/aromatic N) is 2. The van der Waals surface area contributed by atoms with Crippen molar-refractivity contribution in [3.05, 3.63) is 41.8 Å². The lowest BCUT2D eigenvalue weighted by Gasteiger charge is -2.16. The fourth-order valence-corrected chi connectivity index (χ4v) is 4.29. The Kier molecular flexibility index (Phi) is 7.86. The van der Waals surface area contributed by atoms with Crippen LogP contribution >= 0.6 is 0 Å². The zero-order valence-corrected chi connectivity index (χ0v) is 18.0. The van der Waals surface area contributed by atoms with E-state index in [1.54, 1.807) is 6.92 Å². The maximum atomic E-state index is 13.0. The molecule has 0 fully saturated rings. The third kappa shape index (κ3) is 6.10. The fraction of sp³-hybridized carbons (Fsp3) is 0.368. The molecule has 0 aliphatic heterocycles. The summed E-state index contributed by atoms with van der Waals surface area (Å²) >= 11 is 0. The van der Waals surface area contributed by atoms with E-state index in [1.165, 1.54) is 37.0 Å². The molecule has 2 aromatic rings. The van der Waals surface area contributed by atoms with Gasteiger partial charge in [-0.3, -0.25) is 14.3 Å².